The van der Waals surface area contributed by atoms with Crippen LogP contribution in [-0.2, 0) is 26.2 Å². The Kier molecular flexibility index (Phi) is 9.00. The standard InChI is InChI=1S/C18H27F3N6O.HI/c1-5-22-16(27(4)13-14-7-6-11-25(14)2)24-9-8-17(28,18(19,20)21)15-23-10-12-26(15)3;/h6-7,10-12,28H,5,8-9,13H2,1-4H3,(H,22,24);1H. The van der Waals surface area contributed by atoms with Crippen molar-refractivity contribution in [1.29, 1.82) is 0 Å². The predicted octanol–water partition coefficient (Wildman–Crippen LogP) is 2.61. The van der Waals surface area contributed by atoms with Crippen LogP contribution in [0.1, 0.15) is 24.9 Å². The van der Waals surface area contributed by atoms with E-state index in [9.17, 15) is 18.3 Å². The molecule has 0 spiro atoms. The molecule has 0 amide bonds. The fourth-order valence-electron chi connectivity index (χ4n) is 2.92. The zero-order valence-electron chi connectivity index (χ0n) is 16.9. The monoisotopic (exact) mass is 528 g/mol. The number of alkyl halides is 3. The van der Waals surface area contributed by atoms with Gasteiger partial charge < -0.3 is 24.5 Å². The van der Waals surface area contributed by atoms with E-state index in [2.05, 4.69) is 15.3 Å². The lowest BCUT2D eigenvalue weighted by molar-refractivity contribution is -0.272. The van der Waals surface area contributed by atoms with E-state index in [1.165, 1.54) is 24.0 Å². The molecule has 2 rings (SSSR count). The van der Waals surface area contributed by atoms with Gasteiger partial charge in [0.1, 0.15) is 5.82 Å². The number of aromatic nitrogens is 3. The summed E-state index contributed by atoms with van der Waals surface area (Å²) in [4.78, 5) is 9.81. The Bertz CT molecular complexity index is 804. The zero-order chi connectivity index (χ0) is 20.9. The summed E-state index contributed by atoms with van der Waals surface area (Å²) in [5, 5.41) is 13.5. The Labute approximate surface area is 185 Å². The number of hydrogen-bond acceptors (Lipinski definition) is 3. The Morgan fingerprint density at radius 2 is 1.97 bits per heavy atom. The first-order valence-electron chi connectivity index (χ1n) is 8.96. The number of aliphatic imine (C=N–C) groups is 1. The molecule has 0 bridgehead atoms. The van der Waals surface area contributed by atoms with Crippen molar-refractivity contribution in [2.75, 3.05) is 20.1 Å². The Morgan fingerprint density at radius 3 is 2.45 bits per heavy atom. The molecule has 0 saturated carbocycles. The van der Waals surface area contributed by atoms with E-state index in [-0.39, 0.29) is 30.5 Å². The summed E-state index contributed by atoms with van der Waals surface area (Å²) in [7, 11) is 5.15. The smallest absolute Gasteiger partial charge is 0.374 e. The van der Waals surface area contributed by atoms with Gasteiger partial charge in [0, 0.05) is 64.9 Å². The molecule has 2 N–H and O–H groups in total. The van der Waals surface area contributed by atoms with Crippen molar-refractivity contribution in [1.82, 2.24) is 24.3 Å². The lowest BCUT2D eigenvalue weighted by Crippen LogP contribution is -2.45. The molecule has 1 atom stereocenters. The molecule has 0 radical (unpaired) electrons. The summed E-state index contributed by atoms with van der Waals surface area (Å²) in [6.07, 6.45) is -0.979. The molecule has 29 heavy (non-hydrogen) atoms. The van der Waals surface area contributed by atoms with Gasteiger partial charge in [0.25, 0.3) is 0 Å². The second-order valence-electron chi connectivity index (χ2n) is 6.67. The molecule has 0 aromatic carbocycles. The average molecular weight is 528 g/mol. The zero-order valence-corrected chi connectivity index (χ0v) is 19.3. The number of aliphatic hydroxyl groups is 1. The van der Waals surface area contributed by atoms with E-state index in [0.717, 1.165) is 5.69 Å². The van der Waals surface area contributed by atoms with Gasteiger partial charge in [-0.15, -0.1) is 24.0 Å². The first-order valence-corrected chi connectivity index (χ1v) is 8.96. The van der Waals surface area contributed by atoms with Crippen molar-refractivity contribution < 1.29 is 18.3 Å². The van der Waals surface area contributed by atoms with E-state index < -0.39 is 24.0 Å². The molecular formula is C18H28F3IN6O. The highest BCUT2D eigenvalue weighted by Gasteiger charge is 2.57. The highest BCUT2D eigenvalue weighted by atomic mass is 127. The number of halogens is 4. The first-order chi connectivity index (χ1) is 13.1. The van der Waals surface area contributed by atoms with E-state index in [4.69, 9.17) is 0 Å². The van der Waals surface area contributed by atoms with E-state index in [0.29, 0.717) is 19.0 Å². The van der Waals surface area contributed by atoms with Crippen LogP contribution in [0.25, 0.3) is 0 Å². The molecule has 2 heterocycles. The van der Waals surface area contributed by atoms with Gasteiger partial charge in [-0.3, -0.25) is 4.99 Å². The Hall–Kier alpha value is -1.76. The minimum atomic E-state index is -4.87. The highest BCUT2D eigenvalue weighted by Crippen LogP contribution is 2.40. The molecule has 2 aromatic heterocycles. The van der Waals surface area contributed by atoms with Crippen LogP contribution in [0, 0.1) is 0 Å². The van der Waals surface area contributed by atoms with Gasteiger partial charge in [0.05, 0.1) is 6.54 Å². The second-order valence-corrected chi connectivity index (χ2v) is 6.67. The van der Waals surface area contributed by atoms with Gasteiger partial charge in [-0.2, -0.15) is 13.2 Å². The van der Waals surface area contributed by atoms with E-state index in [1.807, 2.05) is 48.8 Å². The number of rotatable bonds is 7. The summed E-state index contributed by atoms with van der Waals surface area (Å²) in [5.74, 6) is 0.0189. The van der Waals surface area contributed by atoms with Crippen LogP contribution in [-0.4, -0.2) is 56.4 Å². The van der Waals surface area contributed by atoms with Gasteiger partial charge in [0.15, 0.2) is 5.96 Å². The van der Waals surface area contributed by atoms with Crippen molar-refractivity contribution in [3.05, 3.63) is 42.2 Å². The minimum absolute atomic E-state index is 0. The maximum absolute atomic E-state index is 13.6. The van der Waals surface area contributed by atoms with Crippen molar-refractivity contribution in [3.8, 4) is 0 Å². The summed E-state index contributed by atoms with van der Waals surface area (Å²) >= 11 is 0. The van der Waals surface area contributed by atoms with E-state index in [1.54, 1.807) is 0 Å². The number of nitrogens with one attached hydrogen (secondary N) is 1. The molecule has 2 aromatic rings. The van der Waals surface area contributed by atoms with Crippen molar-refractivity contribution in [3.63, 3.8) is 0 Å². The summed E-state index contributed by atoms with van der Waals surface area (Å²) in [6, 6.07) is 3.88. The second kappa shape index (κ2) is 10.3. The van der Waals surface area contributed by atoms with Gasteiger partial charge >= 0.3 is 6.18 Å². The summed E-state index contributed by atoms with van der Waals surface area (Å²) < 4.78 is 43.9. The number of aryl methyl sites for hydroxylation is 2. The van der Waals surface area contributed by atoms with Crippen LogP contribution < -0.4 is 5.32 Å². The van der Waals surface area contributed by atoms with Crippen LogP contribution >= 0.6 is 24.0 Å². The fraction of sp³-hybridized carbons (Fsp3) is 0.556. The number of imidazole rings is 1. The van der Waals surface area contributed by atoms with Crippen LogP contribution in [0.4, 0.5) is 13.2 Å². The fourth-order valence-corrected chi connectivity index (χ4v) is 2.92. The normalized spacial score (nSPS) is 14.3. The first kappa shape index (κ1) is 25.3. The van der Waals surface area contributed by atoms with Gasteiger partial charge in [-0.05, 0) is 19.1 Å². The third-order valence-corrected chi connectivity index (χ3v) is 4.54. The Balaban J connectivity index is 0.00000420. The lowest BCUT2D eigenvalue weighted by atomic mass is 9.98. The SMILES string of the molecule is CCNC(=NCCC(O)(c1nccn1C)C(F)(F)F)N(C)Cc1cccn1C.I. The molecular weight excluding hydrogens is 500 g/mol. The van der Waals surface area contributed by atoms with Crippen LogP contribution in [0.2, 0.25) is 0 Å². The van der Waals surface area contributed by atoms with Crippen LogP contribution in [0.3, 0.4) is 0 Å². The largest absolute Gasteiger partial charge is 0.424 e. The number of guanidine groups is 1. The van der Waals surface area contributed by atoms with Crippen molar-refractivity contribution in [2.45, 2.75) is 31.7 Å². The van der Waals surface area contributed by atoms with Crippen LogP contribution in [0.5, 0.6) is 0 Å². The Morgan fingerprint density at radius 1 is 1.28 bits per heavy atom. The number of hydrogen-bond donors (Lipinski definition) is 2. The molecule has 0 aliphatic heterocycles. The average Bonchev–Trinajstić information content (AvgIpc) is 3.21. The quantitative estimate of drug-likeness (QED) is 0.330. The number of nitrogens with zero attached hydrogens (tertiary/aromatic N) is 5. The highest BCUT2D eigenvalue weighted by molar-refractivity contribution is 14.0. The van der Waals surface area contributed by atoms with Gasteiger partial charge in [-0.1, -0.05) is 0 Å². The maximum Gasteiger partial charge on any atom is 0.424 e. The molecule has 0 fully saturated rings. The van der Waals surface area contributed by atoms with Crippen molar-refractivity contribution >= 4 is 29.9 Å². The third-order valence-electron chi connectivity index (χ3n) is 4.54. The summed E-state index contributed by atoms with van der Waals surface area (Å²) in [6.45, 7) is 2.77. The van der Waals surface area contributed by atoms with Crippen LogP contribution in [0.15, 0.2) is 35.7 Å². The van der Waals surface area contributed by atoms with Gasteiger partial charge in [0.2, 0.25) is 5.60 Å². The van der Waals surface area contributed by atoms with Crippen molar-refractivity contribution in [2.24, 2.45) is 19.1 Å². The third kappa shape index (κ3) is 5.87. The molecule has 7 nitrogen and oxygen atoms in total. The minimum Gasteiger partial charge on any atom is -0.374 e. The maximum atomic E-state index is 13.6. The molecule has 1 unspecified atom stereocenters. The topological polar surface area (TPSA) is 70.6 Å². The molecule has 0 aliphatic rings. The molecule has 11 heteroatoms. The lowest BCUT2D eigenvalue weighted by Gasteiger charge is -2.29. The van der Waals surface area contributed by atoms with E-state index >= 15 is 0 Å². The van der Waals surface area contributed by atoms with Gasteiger partial charge in [-0.25, -0.2) is 4.98 Å². The molecule has 164 valence electrons. The molecule has 0 saturated heterocycles. The summed E-state index contributed by atoms with van der Waals surface area (Å²) in [5.41, 5.74) is -2.03. The molecule has 0 aliphatic carbocycles. The predicted molar refractivity (Wildman–Crippen MR) is 116 cm³/mol.